The lowest BCUT2D eigenvalue weighted by atomic mass is 10.3. The van der Waals surface area contributed by atoms with Crippen LogP contribution in [0.4, 0.5) is 0 Å². The van der Waals surface area contributed by atoms with Gasteiger partial charge >= 0.3 is 0 Å². The molecule has 2 rings (SSSR count). The average Bonchev–Trinajstić information content (AvgIpc) is 2.52. The SMILES string of the molecule is CCCOCC(C)Oc1ccc(Oc2ccc(Cl)cc2Cl)cc1. The number of benzene rings is 2. The zero-order valence-corrected chi connectivity index (χ0v) is 14.7. The van der Waals surface area contributed by atoms with Crippen LogP contribution in [-0.4, -0.2) is 19.3 Å². The third-order valence-electron chi connectivity index (χ3n) is 2.98. The molecule has 5 heteroatoms. The van der Waals surface area contributed by atoms with Crippen molar-refractivity contribution in [3.8, 4) is 17.2 Å². The molecular weight excluding hydrogens is 335 g/mol. The van der Waals surface area contributed by atoms with Gasteiger partial charge < -0.3 is 14.2 Å². The Morgan fingerprint density at radius 3 is 2.35 bits per heavy atom. The molecule has 3 nitrogen and oxygen atoms in total. The molecule has 1 unspecified atom stereocenters. The molecule has 0 heterocycles. The first-order valence-corrected chi connectivity index (χ1v) is 8.31. The summed E-state index contributed by atoms with van der Waals surface area (Å²) in [5.74, 6) is 2.01. The van der Waals surface area contributed by atoms with Crippen molar-refractivity contribution >= 4 is 23.2 Å². The molecule has 23 heavy (non-hydrogen) atoms. The summed E-state index contributed by atoms with van der Waals surface area (Å²) in [6.45, 7) is 5.39. The first kappa shape index (κ1) is 17.9. The molecule has 0 spiro atoms. The minimum atomic E-state index is -0.000900. The Labute approximate surface area is 147 Å². The summed E-state index contributed by atoms with van der Waals surface area (Å²) in [7, 11) is 0. The fourth-order valence-corrected chi connectivity index (χ4v) is 2.38. The van der Waals surface area contributed by atoms with Crippen molar-refractivity contribution in [2.45, 2.75) is 26.4 Å². The Morgan fingerprint density at radius 2 is 1.70 bits per heavy atom. The number of ether oxygens (including phenoxy) is 3. The summed E-state index contributed by atoms with van der Waals surface area (Å²) in [6.07, 6.45) is 1.01. The van der Waals surface area contributed by atoms with E-state index in [1.165, 1.54) is 0 Å². The maximum absolute atomic E-state index is 6.09. The van der Waals surface area contributed by atoms with Gasteiger partial charge in [0.25, 0.3) is 0 Å². The Kier molecular flexibility index (Phi) is 7.03. The molecule has 2 aromatic carbocycles. The van der Waals surface area contributed by atoms with E-state index in [2.05, 4.69) is 6.92 Å². The lowest BCUT2D eigenvalue weighted by molar-refractivity contribution is 0.0589. The van der Waals surface area contributed by atoms with Gasteiger partial charge in [-0.15, -0.1) is 0 Å². The largest absolute Gasteiger partial charge is 0.488 e. The van der Waals surface area contributed by atoms with Crippen LogP contribution < -0.4 is 9.47 Å². The van der Waals surface area contributed by atoms with Gasteiger partial charge in [0.05, 0.1) is 11.6 Å². The van der Waals surface area contributed by atoms with Gasteiger partial charge in [-0.25, -0.2) is 0 Å². The van der Waals surface area contributed by atoms with E-state index >= 15 is 0 Å². The summed E-state index contributed by atoms with van der Waals surface area (Å²) < 4.78 is 17.0. The Balaban J connectivity index is 1.91. The van der Waals surface area contributed by atoms with Gasteiger partial charge in [-0.05, 0) is 55.8 Å². The van der Waals surface area contributed by atoms with Crippen molar-refractivity contribution in [1.29, 1.82) is 0 Å². The van der Waals surface area contributed by atoms with Crippen molar-refractivity contribution in [3.05, 3.63) is 52.5 Å². The van der Waals surface area contributed by atoms with E-state index < -0.39 is 0 Å². The van der Waals surface area contributed by atoms with Crippen LogP contribution in [0.25, 0.3) is 0 Å². The second-order valence-electron chi connectivity index (χ2n) is 5.15. The van der Waals surface area contributed by atoms with Crippen LogP contribution in [0.3, 0.4) is 0 Å². The standard InChI is InChI=1S/C18H20Cl2O3/c1-3-10-21-12-13(2)22-15-5-7-16(8-6-15)23-18-9-4-14(19)11-17(18)20/h4-9,11,13H,3,10,12H2,1-2H3. The summed E-state index contributed by atoms with van der Waals surface area (Å²) in [4.78, 5) is 0. The van der Waals surface area contributed by atoms with Crippen LogP contribution >= 0.6 is 23.2 Å². The molecule has 124 valence electrons. The van der Waals surface area contributed by atoms with E-state index in [-0.39, 0.29) is 6.10 Å². The van der Waals surface area contributed by atoms with Crippen LogP contribution in [0.5, 0.6) is 17.2 Å². The van der Waals surface area contributed by atoms with Crippen molar-refractivity contribution < 1.29 is 14.2 Å². The van der Waals surface area contributed by atoms with Crippen LogP contribution in [0.2, 0.25) is 10.0 Å². The molecule has 1 atom stereocenters. The zero-order valence-electron chi connectivity index (χ0n) is 13.2. The zero-order chi connectivity index (χ0) is 16.7. The van der Waals surface area contributed by atoms with Crippen molar-refractivity contribution in [3.63, 3.8) is 0 Å². The van der Waals surface area contributed by atoms with Crippen LogP contribution in [-0.2, 0) is 4.74 Å². The maximum Gasteiger partial charge on any atom is 0.146 e. The number of halogens is 2. The predicted octanol–water partition coefficient (Wildman–Crippen LogP) is 5.98. The molecule has 0 fully saturated rings. The van der Waals surface area contributed by atoms with Crippen molar-refractivity contribution in [1.82, 2.24) is 0 Å². The molecule has 0 aromatic heterocycles. The quantitative estimate of drug-likeness (QED) is 0.545. The smallest absolute Gasteiger partial charge is 0.146 e. The van der Waals surface area contributed by atoms with Gasteiger partial charge in [0, 0.05) is 11.6 Å². The fraction of sp³-hybridized carbons (Fsp3) is 0.333. The minimum absolute atomic E-state index is 0.000900. The van der Waals surface area contributed by atoms with Crippen molar-refractivity contribution in [2.75, 3.05) is 13.2 Å². The summed E-state index contributed by atoms with van der Waals surface area (Å²) >= 11 is 12.0. The highest BCUT2D eigenvalue weighted by atomic mass is 35.5. The molecule has 2 aromatic rings. The molecule has 0 radical (unpaired) electrons. The molecule has 0 bridgehead atoms. The summed E-state index contributed by atoms with van der Waals surface area (Å²) in [5.41, 5.74) is 0. The molecular formula is C18H20Cl2O3. The third kappa shape index (κ3) is 5.94. The van der Waals surface area contributed by atoms with E-state index in [9.17, 15) is 0 Å². The Morgan fingerprint density at radius 1 is 1.00 bits per heavy atom. The molecule has 0 saturated heterocycles. The van der Waals surface area contributed by atoms with Gasteiger partial charge in [0.15, 0.2) is 0 Å². The third-order valence-corrected chi connectivity index (χ3v) is 3.51. The Hall–Kier alpha value is -1.42. The average molecular weight is 355 g/mol. The van der Waals surface area contributed by atoms with Gasteiger partial charge in [-0.1, -0.05) is 30.1 Å². The maximum atomic E-state index is 6.09. The summed E-state index contributed by atoms with van der Waals surface area (Å²) in [6, 6.07) is 12.5. The molecule has 0 N–H and O–H groups in total. The van der Waals surface area contributed by atoms with Crippen LogP contribution in [0, 0.1) is 0 Å². The van der Waals surface area contributed by atoms with Gasteiger partial charge in [0.2, 0.25) is 0 Å². The summed E-state index contributed by atoms with van der Waals surface area (Å²) in [5, 5.41) is 1.05. The van der Waals surface area contributed by atoms with Gasteiger partial charge in [-0.2, -0.15) is 0 Å². The predicted molar refractivity (Wildman–Crippen MR) is 94.2 cm³/mol. The lowest BCUT2D eigenvalue weighted by Gasteiger charge is -2.15. The van der Waals surface area contributed by atoms with E-state index in [0.717, 1.165) is 18.8 Å². The number of rotatable bonds is 8. The number of hydrogen-bond acceptors (Lipinski definition) is 3. The first-order valence-electron chi connectivity index (χ1n) is 7.56. The normalized spacial score (nSPS) is 12.0. The second kappa shape index (κ2) is 9.02. The van der Waals surface area contributed by atoms with Gasteiger partial charge in [0.1, 0.15) is 23.4 Å². The Bertz CT molecular complexity index is 614. The minimum Gasteiger partial charge on any atom is -0.488 e. The van der Waals surface area contributed by atoms with Gasteiger partial charge in [-0.3, -0.25) is 0 Å². The van der Waals surface area contributed by atoms with Crippen molar-refractivity contribution in [2.24, 2.45) is 0 Å². The lowest BCUT2D eigenvalue weighted by Crippen LogP contribution is -2.19. The molecule has 0 saturated carbocycles. The molecule has 0 aliphatic heterocycles. The van der Waals surface area contributed by atoms with E-state index in [4.69, 9.17) is 37.4 Å². The highest BCUT2D eigenvalue weighted by molar-refractivity contribution is 6.35. The van der Waals surface area contributed by atoms with Crippen LogP contribution in [0.15, 0.2) is 42.5 Å². The highest BCUT2D eigenvalue weighted by Gasteiger charge is 2.06. The van der Waals surface area contributed by atoms with E-state index in [0.29, 0.717) is 28.2 Å². The monoisotopic (exact) mass is 354 g/mol. The molecule has 0 amide bonds. The van der Waals surface area contributed by atoms with E-state index in [1.54, 1.807) is 18.2 Å². The van der Waals surface area contributed by atoms with Crippen LogP contribution in [0.1, 0.15) is 20.3 Å². The fourth-order valence-electron chi connectivity index (χ4n) is 1.93. The molecule has 0 aliphatic rings. The number of hydrogen-bond donors (Lipinski definition) is 0. The highest BCUT2D eigenvalue weighted by Crippen LogP contribution is 2.32. The van der Waals surface area contributed by atoms with E-state index in [1.807, 2.05) is 31.2 Å². The topological polar surface area (TPSA) is 27.7 Å². The molecule has 0 aliphatic carbocycles. The first-order chi connectivity index (χ1) is 11.1. The second-order valence-corrected chi connectivity index (χ2v) is 6.00.